The molecule has 0 spiro atoms. The monoisotopic (exact) mass is 144 g/mol. The van der Waals surface area contributed by atoms with Gasteiger partial charge in [-0.2, -0.15) is 0 Å². The lowest BCUT2D eigenvalue weighted by atomic mass is 10.1. The first kappa shape index (κ1) is 9.50. The molecular formula is C8H16O2. The smallest absolute Gasteiger partial charge is 0.0766 e. The van der Waals surface area contributed by atoms with E-state index >= 15 is 0 Å². The maximum atomic E-state index is 5.08. The van der Waals surface area contributed by atoms with Gasteiger partial charge in [-0.05, 0) is 12.8 Å². The Morgan fingerprint density at radius 3 is 2.30 bits per heavy atom. The van der Waals surface area contributed by atoms with E-state index in [1.807, 2.05) is 0 Å². The third kappa shape index (κ3) is 4.39. The van der Waals surface area contributed by atoms with Crippen LogP contribution in [0.5, 0.6) is 0 Å². The van der Waals surface area contributed by atoms with Crippen LogP contribution in [0.4, 0.5) is 0 Å². The van der Waals surface area contributed by atoms with Crippen LogP contribution >= 0.6 is 0 Å². The second-order valence-electron chi connectivity index (χ2n) is 2.09. The summed E-state index contributed by atoms with van der Waals surface area (Å²) in [6.07, 6.45) is 4.47. The van der Waals surface area contributed by atoms with Gasteiger partial charge in [-0.15, -0.1) is 0 Å². The molecule has 0 saturated carbocycles. The number of hydrogen-bond acceptors (Lipinski definition) is 2. The molecule has 0 aromatic heterocycles. The first-order valence-corrected chi connectivity index (χ1v) is 3.60. The minimum absolute atomic E-state index is 0.616. The van der Waals surface area contributed by atoms with Gasteiger partial charge in [0.05, 0.1) is 19.5 Å². The van der Waals surface area contributed by atoms with Gasteiger partial charge in [0.15, 0.2) is 0 Å². The number of hydrogen-bond donors (Lipinski definition) is 0. The maximum Gasteiger partial charge on any atom is 0.0766 e. The minimum atomic E-state index is 0.616. The second-order valence-corrected chi connectivity index (χ2v) is 2.09. The van der Waals surface area contributed by atoms with Gasteiger partial charge in [0.1, 0.15) is 0 Å². The van der Waals surface area contributed by atoms with Gasteiger partial charge >= 0.3 is 0 Å². The van der Waals surface area contributed by atoms with Crippen LogP contribution in [0.3, 0.4) is 0 Å². The highest BCUT2D eigenvalue weighted by atomic mass is 16.5. The van der Waals surface area contributed by atoms with Crippen LogP contribution in [0, 0.1) is 0 Å². The van der Waals surface area contributed by atoms with Crippen LogP contribution in [0.2, 0.25) is 0 Å². The Hall–Kier alpha value is -0.500. The van der Waals surface area contributed by atoms with Crippen molar-refractivity contribution in [3.8, 4) is 0 Å². The molecule has 0 amide bonds. The topological polar surface area (TPSA) is 18.5 Å². The lowest BCUT2D eigenvalue weighted by Crippen LogP contribution is -2.25. The molecule has 10 heavy (non-hydrogen) atoms. The van der Waals surface area contributed by atoms with E-state index < -0.39 is 0 Å². The van der Waals surface area contributed by atoms with Crippen molar-refractivity contribution >= 4 is 0 Å². The fourth-order valence-electron chi connectivity index (χ4n) is 0.606. The summed E-state index contributed by atoms with van der Waals surface area (Å²) in [4.78, 5) is 0. The van der Waals surface area contributed by atoms with Crippen LogP contribution < -0.4 is 0 Å². The summed E-state index contributed by atoms with van der Waals surface area (Å²) in [6, 6.07) is 0. The van der Waals surface area contributed by atoms with Crippen LogP contribution in [0.15, 0.2) is 12.8 Å². The van der Waals surface area contributed by atoms with Gasteiger partial charge in [-0.25, -0.2) is 0 Å². The molecule has 0 N–H and O–H groups in total. The SMILES string of the molecule is C=COC.CCC1CCO1. The highest BCUT2D eigenvalue weighted by Crippen LogP contribution is 2.12. The van der Waals surface area contributed by atoms with E-state index in [0.717, 1.165) is 6.61 Å². The molecular weight excluding hydrogens is 128 g/mol. The molecule has 0 aliphatic carbocycles. The number of rotatable bonds is 2. The van der Waals surface area contributed by atoms with Crippen molar-refractivity contribution in [2.24, 2.45) is 0 Å². The van der Waals surface area contributed by atoms with Crippen molar-refractivity contribution in [2.75, 3.05) is 13.7 Å². The third-order valence-corrected chi connectivity index (χ3v) is 1.42. The van der Waals surface area contributed by atoms with E-state index in [1.165, 1.54) is 19.1 Å². The van der Waals surface area contributed by atoms with Gasteiger partial charge in [-0.1, -0.05) is 13.5 Å². The normalized spacial score (nSPS) is 21.6. The molecule has 2 nitrogen and oxygen atoms in total. The van der Waals surface area contributed by atoms with Crippen LogP contribution in [-0.2, 0) is 9.47 Å². The summed E-state index contributed by atoms with van der Waals surface area (Å²) in [5.74, 6) is 0. The average Bonchev–Trinajstić information content (AvgIpc) is 1.87. The molecule has 0 bridgehead atoms. The highest BCUT2D eigenvalue weighted by Gasteiger charge is 2.13. The first-order valence-electron chi connectivity index (χ1n) is 3.60. The largest absolute Gasteiger partial charge is 0.505 e. The molecule has 1 atom stereocenters. The Morgan fingerprint density at radius 1 is 1.80 bits per heavy atom. The fourth-order valence-corrected chi connectivity index (χ4v) is 0.606. The van der Waals surface area contributed by atoms with Gasteiger partial charge < -0.3 is 9.47 Å². The van der Waals surface area contributed by atoms with Crippen LogP contribution in [0.25, 0.3) is 0 Å². The molecule has 2 heteroatoms. The zero-order chi connectivity index (χ0) is 7.82. The van der Waals surface area contributed by atoms with Gasteiger partial charge in [0, 0.05) is 6.61 Å². The van der Waals surface area contributed by atoms with Crippen molar-refractivity contribution in [1.29, 1.82) is 0 Å². The molecule has 1 fully saturated rings. The molecule has 0 radical (unpaired) electrons. The number of methoxy groups -OCH3 is 1. The quantitative estimate of drug-likeness (QED) is 0.551. The molecule has 60 valence electrons. The Kier molecular flexibility index (Phi) is 6.29. The lowest BCUT2D eigenvalue weighted by molar-refractivity contribution is -0.0516. The van der Waals surface area contributed by atoms with Crippen molar-refractivity contribution in [3.63, 3.8) is 0 Å². The molecule has 1 saturated heterocycles. The molecule has 0 aromatic carbocycles. The molecule has 1 heterocycles. The number of ether oxygens (including phenoxy) is 2. The predicted octanol–water partition coefficient (Wildman–Crippen LogP) is 1.96. The van der Waals surface area contributed by atoms with Crippen molar-refractivity contribution in [2.45, 2.75) is 25.9 Å². The molecule has 1 rings (SSSR count). The molecule has 1 aliphatic rings. The first-order chi connectivity index (χ1) is 4.85. The molecule has 1 aliphatic heterocycles. The summed E-state index contributed by atoms with van der Waals surface area (Å²) < 4.78 is 9.39. The summed E-state index contributed by atoms with van der Waals surface area (Å²) >= 11 is 0. The summed E-state index contributed by atoms with van der Waals surface area (Å²) in [6.45, 7) is 6.41. The summed E-state index contributed by atoms with van der Waals surface area (Å²) in [5, 5.41) is 0. The third-order valence-electron chi connectivity index (χ3n) is 1.42. The highest BCUT2D eigenvalue weighted by molar-refractivity contribution is 4.62. The fraction of sp³-hybridized carbons (Fsp3) is 0.750. The van der Waals surface area contributed by atoms with Crippen LogP contribution in [-0.4, -0.2) is 19.8 Å². The summed E-state index contributed by atoms with van der Waals surface area (Å²) in [5.41, 5.74) is 0. The maximum absolute atomic E-state index is 5.08. The van der Waals surface area contributed by atoms with Crippen molar-refractivity contribution in [3.05, 3.63) is 12.8 Å². The van der Waals surface area contributed by atoms with E-state index in [0.29, 0.717) is 6.10 Å². The van der Waals surface area contributed by atoms with E-state index in [4.69, 9.17) is 4.74 Å². The Bertz CT molecular complexity index is 74.6. The van der Waals surface area contributed by atoms with Crippen molar-refractivity contribution < 1.29 is 9.47 Å². The standard InChI is InChI=1S/C5H10O.C3H6O/c1-2-5-3-4-6-5;1-3-4-2/h5H,2-4H2,1H3;3H,1H2,2H3. The van der Waals surface area contributed by atoms with E-state index in [9.17, 15) is 0 Å². The minimum Gasteiger partial charge on any atom is -0.505 e. The van der Waals surface area contributed by atoms with Crippen LogP contribution in [0.1, 0.15) is 19.8 Å². The summed E-state index contributed by atoms with van der Waals surface area (Å²) in [7, 11) is 1.56. The average molecular weight is 144 g/mol. The van der Waals surface area contributed by atoms with E-state index in [1.54, 1.807) is 7.11 Å². The van der Waals surface area contributed by atoms with Gasteiger partial charge in [0.25, 0.3) is 0 Å². The Balaban J connectivity index is 0.000000180. The van der Waals surface area contributed by atoms with E-state index in [-0.39, 0.29) is 0 Å². The predicted molar refractivity (Wildman–Crippen MR) is 41.9 cm³/mol. The second kappa shape index (κ2) is 6.62. The zero-order valence-electron chi connectivity index (χ0n) is 6.80. The Labute approximate surface area is 62.8 Å². The lowest BCUT2D eigenvalue weighted by Gasteiger charge is -2.24. The molecule has 1 unspecified atom stereocenters. The van der Waals surface area contributed by atoms with Crippen molar-refractivity contribution in [1.82, 2.24) is 0 Å². The van der Waals surface area contributed by atoms with Gasteiger partial charge in [0.2, 0.25) is 0 Å². The van der Waals surface area contributed by atoms with Gasteiger partial charge in [-0.3, -0.25) is 0 Å². The zero-order valence-corrected chi connectivity index (χ0v) is 6.80. The molecule has 0 aromatic rings. The van der Waals surface area contributed by atoms with E-state index in [2.05, 4.69) is 18.2 Å². The Morgan fingerprint density at radius 2 is 2.30 bits per heavy atom.